The Morgan fingerprint density at radius 3 is 2.65 bits per heavy atom. The van der Waals surface area contributed by atoms with Gasteiger partial charge < -0.3 is 19.7 Å². The number of halogens is 2. The monoisotopic (exact) mass is 496 g/mol. The first-order chi connectivity index (χ1) is 12.2. The Hall–Kier alpha value is -0.770. The molecule has 1 aromatic rings. The summed E-state index contributed by atoms with van der Waals surface area (Å²) in [6.45, 7) is 9.66. The lowest BCUT2D eigenvalue weighted by Gasteiger charge is -2.26. The molecule has 0 unspecified atom stereocenters. The van der Waals surface area contributed by atoms with E-state index in [9.17, 15) is 0 Å². The smallest absolute Gasteiger partial charge is 0.193 e. The number of aliphatic imine (C=N–C) groups is 1. The number of rotatable bonds is 8. The molecule has 0 radical (unpaired) electrons. The Kier molecular flexibility index (Phi) is 12.0. The highest BCUT2D eigenvalue weighted by Gasteiger charge is 2.10. The second-order valence-corrected chi connectivity index (χ2v) is 6.35. The molecular weight excluding hydrogens is 467 g/mol. The maximum Gasteiger partial charge on any atom is 0.193 e. The van der Waals surface area contributed by atoms with E-state index in [0.29, 0.717) is 11.6 Å². The van der Waals surface area contributed by atoms with Gasteiger partial charge in [0, 0.05) is 38.2 Å². The van der Waals surface area contributed by atoms with E-state index in [4.69, 9.17) is 26.1 Å². The van der Waals surface area contributed by atoms with Crippen LogP contribution in [-0.4, -0.2) is 81.9 Å². The van der Waals surface area contributed by atoms with Gasteiger partial charge in [-0.15, -0.1) is 24.0 Å². The SMILES string of the molecule is CCNC(=NCCN1CCOCC1)N(C)CCOc1ccc(Cl)cc1.I. The third-order valence-corrected chi connectivity index (χ3v) is 4.24. The summed E-state index contributed by atoms with van der Waals surface area (Å²) in [7, 11) is 2.03. The number of hydrogen-bond donors (Lipinski definition) is 1. The maximum atomic E-state index is 5.88. The highest BCUT2D eigenvalue weighted by molar-refractivity contribution is 14.0. The van der Waals surface area contributed by atoms with Crippen molar-refractivity contribution in [2.45, 2.75) is 6.92 Å². The van der Waals surface area contributed by atoms with E-state index in [1.165, 1.54) is 0 Å². The van der Waals surface area contributed by atoms with Crippen LogP contribution in [0.1, 0.15) is 6.92 Å². The van der Waals surface area contributed by atoms with Gasteiger partial charge in [-0.25, -0.2) is 0 Å². The Bertz CT molecular complexity index is 524. The van der Waals surface area contributed by atoms with Gasteiger partial charge in [-0.2, -0.15) is 0 Å². The van der Waals surface area contributed by atoms with Crippen LogP contribution in [0.3, 0.4) is 0 Å². The summed E-state index contributed by atoms with van der Waals surface area (Å²) >= 11 is 5.88. The fraction of sp³-hybridized carbons (Fsp3) is 0.611. The minimum absolute atomic E-state index is 0. The Morgan fingerprint density at radius 1 is 1.31 bits per heavy atom. The van der Waals surface area contributed by atoms with Crippen LogP contribution >= 0.6 is 35.6 Å². The number of nitrogens with one attached hydrogen (secondary N) is 1. The molecule has 1 aliphatic rings. The first-order valence-electron chi connectivity index (χ1n) is 8.87. The Labute approximate surface area is 178 Å². The summed E-state index contributed by atoms with van der Waals surface area (Å²) in [6.07, 6.45) is 0. The molecule has 1 aromatic carbocycles. The van der Waals surface area contributed by atoms with Gasteiger partial charge in [-0.3, -0.25) is 9.89 Å². The van der Waals surface area contributed by atoms with E-state index in [1.807, 2.05) is 31.3 Å². The van der Waals surface area contributed by atoms with Gasteiger partial charge in [0.25, 0.3) is 0 Å². The molecule has 1 heterocycles. The van der Waals surface area contributed by atoms with Crippen molar-refractivity contribution in [3.05, 3.63) is 29.3 Å². The highest BCUT2D eigenvalue weighted by atomic mass is 127. The molecular formula is C18H30ClIN4O2. The summed E-state index contributed by atoms with van der Waals surface area (Å²) in [4.78, 5) is 9.21. The fourth-order valence-electron chi connectivity index (χ4n) is 2.53. The summed E-state index contributed by atoms with van der Waals surface area (Å²) < 4.78 is 11.1. The molecule has 0 atom stereocenters. The van der Waals surface area contributed by atoms with Crippen LogP contribution in [-0.2, 0) is 4.74 Å². The van der Waals surface area contributed by atoms with Crippen molar-refractivity contribution < 1.29 is 9.47 Å². The standard InChI is InChI=1S/C18H29ClN4O2.HI/c1-3-20-18(21-8-9-23-11-13-24-14-12-23)22(2)10-15-25-17-6-4-16(19)5-7-17;/h4-7H,3,8-15H2,1-2H3,(H,20,21);1H. The van der Waals surface area contributed by atoms with Crippen molar-refractivity contribution in [3.8, 4) is 5.75 Å². The van der Waals surface area contributed by atoms with E-state index in [2.05, 4.69) is 22.0 Å². The van der Waals surface area contributed by atoms with Gasteiger partial charge in [-0.1, -0.05) is 11.6 Å². The summed E-state index contributed by atoms with van der Waals surface area (Å²) in [6, 6.07) is 7.42. The van der Waals surface area contributed by atoms with Crippen LogP contribution in [0.2, 0.25) is 5.02 Å². The first kappa shape index (κ1) is 23.3. The van der Waals surface area contributed by atoms with E-state index < -0.39 is 0 Å². The van der Waals surface area contributed by atoms with Crippen molar-refractivity contribution in [2.24, 2.45) is 4.99 Å². The van der Waals surface area contributed by atoms with Crippen molar-refractivity contribution in [1.29, 1.82) is 0 Å². The van der Waals surface area contributed by atoms with E-state index in [-0.39, 0.29) is 24.0 Å². The minimum Gasteiger partial charge on any atom is -0.492 e. The number of nitrogens with zero attached hydrogens (tertiary/aromatic N) is 3. The zero-order valence-electron chi connectivity index (χ0n) is 15.6. The topological polar surface area (TPSA) is 49.3 Å². The van der Waals surface area contributed by atoms with Gasteiger partial charge in [0.05, 0.1) is 26.3 Å². The number of morpholine rings is 1. The Morgan fingerprint density at radius 2 is 2.00 bits per heavy atom. The average molecular weight is 497 g/mol. The molecule has 0 aromatic heterocycles. The molecule has 0 amide bonds. The van der Waals surface area contributed by atoms with Crippen molar-refractivity contribution >= 4 is 41.5 Å². The lowest BCUT2D eigenvalue weighted by Crippen LogP contribution is -2.42. The zero-order valence-corrected chi connectivity index (χ0v) is 18.7. The van der Waals surface area contributed by atoms with Crippen molar-refractivity contribution in [1.82, 2.24) is 15.1 Å². The van der Waals surface area contributed by atoms with Crippen LogP contribution in [0.15, 0.2) is 29.3 Å². The molecule has 2 rings (SSSR count). The lowest BCUT2D eigenvalue weighted by molar-refractivity contribution is 0.0394. The molecule has 1 N–H and O–H groups in total. The molecule has 0 bridgehead atoms. The van der Waals surface area contributed by atoms with Crippen molar-refractivity contribution in [3.63, 3.8) is 0 Å². The van der Waals surface area contributed by atoms with Gasteiger partial charge in [0.1, 0.15) is 12.4 Å². The first-order valence-corrected chi connectivity index (χ1v) is 9.24. The summed E-state index contributed by atoms with van der Waals surface area (Å²) in [5.41, 5.74) is 0. The van der Waals surface area contributed by atoms with E-state index >= 15 is 0 Å². The molecule has 26 heavy (non-hydrogen) atoms. The third kappa shape index (κ3) is 8.75. The van der Waals surface area contributed by atoms with Crippen LogP contribution in [0.5, 0.6) is 5.75 Å². The zero-order chi connectivity index (χ0) is 17.9. The molecule has 8 heteroatoms. The normalized spacial score (nSPS) is 15.3. The number of ether oxygens (including phenoxy) is 2. The maximum absolute atomic E-state index is 5.88. The molecule has 148 valence electrons. The van der Waals surface area contributed by atoms with Gasteiger partial charge >= 0.3 is 0 Å². The largest absolute Gasteiger partial charge is 0.492 e. The second kappa shape index (κ2) is 13.4. The Balaban J connectivity index is 0.00000338. The second-order valence-electron chi connectivity index (χ2n) is 5.91. The van der Waals surface area contributed by atoms with Crippen LogP contribution < -0.4 is 10.1 Å². The van der Waals surface area contributed by atoms with Gasteiger partial charge in [0.15, 0.2) is 5.96 Å². The predicted molar refractivity (Wildman–Crippen MR) is 118 cm³/mol. The number of guanidine groups is 1. The molecule has 0 spiro atoms. The molecule has 6 nitrogen and oxygen atoms in total. The molecule has 1 fully saturated rings. The molecule has 0 aliphatic carbocycles. The number of hydrogen-bond acceptors (Lipinski definition) is 4. The van der Waals surface area contributed by atoms with Crippen molar-refractivity contribution in [2.75, 3.05) is 66.1 Å². The molecule has 0 saturated carbocycles. The summed E-state index contributed by atoms with van der Waals surface area (Å²) in [5, 5.41) is 4.05. The van der Waals surface area contributed by atoms with Crippen LogP contribution in [0.4, 0.5) is 0 Å². The average Bonchev–Trinajstić information content (AvgIpc) is 2.63. The summed E-state index contributed by atoms with van der Waals surface area (Å²) in [5.74, 6) is 1.74. The lowest BCUT2D eigenvalue weighted by atomic mass is 10.3. The fourth-order valence-corrected chi connectivity index (χ4v) is 2.65. The number of likely N-dealkylation sites (N-methyl/N-ethyl adjacent to an activating group) is 1. The van der Waals surface area contributed by atoms with Gasteiger partial charge in [0.2, 0.25) is 0 Å². The molecule has 1 aliphatic heterocycles. The van der Waals surface area contributed by atoms with E-state index in [1.54, 1.807) is 0 Å². The third-order valence-electron chi connectivity index (χ3n) is 3.99. The van der Waals surface area contributed by atoms with Crippen LogP contribution in [0, 0.1) is 0 Å². The highest BCUT2D eigenvalue weighted by Crippen LogP contribution is 2.15. The van der Waals surface area contributed by atoms with Gasteiger partial charge in [-0.05, 0) is 31.2 Å². The minimum atomic E-state index is 0. The quantitative estimate of drug-likeness (QED) is 0.341. The molecule has 1 saturated heterocycles. The number of benzene rings is 1. The van der Waals surface area contributed by atoms with E-state index in [0.717, 1.165) is 64.2 Å². The predicted octanol–water partition coefficient (Wildman–Crippen LogP) is 2.57. The van der Waals surface area contributed by atoms with Crippen LogP contribution in [0.25, 0.3) is 0 Å².